The molecule has 6 nitrogen and oxygen atoms in total. The lowest BCUT2D eigenvalue weighted by Crippen LogP contribution is -2.35. The minimum atomic E-state index is -3.55. The Morgan fingerprint density at radius 3 is 2.52 bits per heavy atom. The molecule has 1 aromatic heterocycles. The number of rotatable bonds is 4. The Morgan fingerprint density at radius 2 is 1.84 bits per heavy atom. The summed E-state index contributed by atoms with van der Waals surface area (Å²) in [6.07, 6.45) is 8.27. The summed E-state index contributed by atoms with van der Waals surface area (Å²) < 4.78 is 29.7. The Bertz CT molecular complexity index is 1340. The molecule has 1 amide bonds. The zero-order valence-corrected chi connectivity index (χ0v) is 19.0. The van der Waals surface area contributed by atoms with E-state index in [0.29, 0.717) is 28.5 Å². The van der Waals surface area contributed by atoms with Crippen molar-refractivity contribution >= 4 is 49.1 Å². The maximum absolute atomic E-state index is 12.8. The normalized spacial score (nSPS) is 15.8. The molecule has 1 fully saturated rings. The van der Waals surface area contributed by atoms with Crippen LogP contribution >= 0.6 is 22.9 Å². The standard InChI is InChI=1S/C22H20ClN3O3S2/c1-2-13-26-20-18(23)7-6-8-19(20)30-22(26)24-21(27)16-9-11-17(12-10-16)31(28,29)25-14-4-3-5-15-25/h1,6-12H,3-5,13-15H2. The summed E-state index contributed by atoms with van der Waals surface area (Å²) in [4.78, 5) is 17.6. The number of hydrogen-bond donors (Lipinski definition) is 0. The SMILES string of the molecule is C#CCn1c(=NC(=O)c2ccc(S(=O)(=O)N3CCCCC3)cc2)sc2cccc(Cl)c21. The van der Waals surface area contributed by atoms with Crippen LogP contribution in [0.1, 0.15) is 29.6 Å². The number of terminal acetylenes is 1. The molecule has 2 heterocycles. The number of nitrogens with zero attached hydrogens (tertiary/aromatic N) is 3. The molecule has 160 valence electrons. The molecule has 1 aliphatic heterocycles. The first-order valence-electron chi connectivity index (χ1n) is 9.82. The van der Waals surface area contributed by atoms with Crippen LogP contribution in [-0.2, 0) is 16.6 Å². The summed E-state index contributed by atoms with van der Waals surface area (Å²) >= 11 is 7.64. The highest BCUT2D eigenvalue weighted by Crippen LogP contribution is 2.25. The first-order chi connectivity index (χ1) is 14.9. The Balaban J connectivity index is 1.67. The zero-order chi connectivity index (χ0) is 22.0. The van der Waals surface area contributed by atoms with E-state index in [1.165, 1.54) is 39.9 Å². The highest BCUT2D eigenvalue weighted by molar-refractivity contribution is 7.89. The Hall–Kier alpha value is -2.44. The van der Waals surface area contributed by atoms with Gasteiger partial charge >= 0.3 is 0 Å². The number of halogens is 1. The number of benzene rings is 2. The van der Waals surface area contributed by atoms with Gasteiger partial charge in [-0.05, 0) is 49.2 Å². The van der Waals surface area contributed by atoms with Crippen LogP contribution in [-0.4, -0.2) is 36.3 Å². The van der Waals surface area contributed by atoms with Gasteiger partial charge in [0.05, 0.1) is 26.7 Å². The average Bonchev–Trinajstić information content (AvgIpc) is 3.13. The highest BCUT2D eigenvalue weighted by atomic mass is 35.5. The van der Waals surface area contributed by atoms with Crippen molar-refractivity contribution in [3.05, 3.63) is 57.9 Å². The molecule has 0 saturated carbocycles. The second kappa shape index (κ2) is 8.97. The van der Waals surface area contributed by atoms with Crippen LogP contribution in [0.4, 0.5) is 0 Å². The number of amides is 1. The highest BCUT2D eigenvalue weighted by Gasteiger charge is 2.26. The fraction of sp³-hybridized carbons (Fsp3) is 0.273. The quantitative estimate of drug-likeness (QED) is 0.539. The zero-order valence-electron chi connectivity index (χ0n) is 16.6. The minimum Gasteiger partial charge on any atom is -0.303 e. The fourth-order valence-electron chi connectivity index (χ4n) is 3.59. The molecule has 9 heteroatoms. The molecular formula is C22H20ClN3O3S2. The molecule has 1 saturated heterocycles. The topological polar surface area (TPSA) is 71.7 Å². The second-order valence-electron chi connectivity index (χ2n) is 7.17. The van der Waals surface area contributed by atoms with Crippen LogP contribution in [0.15, 0.2) is 52.4 Å². The third kappa shape index (κ3) is 4.32. The molecule has 3 aromatic rings. The van der Waals surface area contributed by atoms with E-state index in [2.05, 4.69) is 10.9 Å². The van der Waals surface area contributed by atoms with Gasteiger partial charge in [0.15, 0.2) is 4.80 Å². The Morgan fingerprint density at radius 1 is 1.13 bits per heavy atom. The molecule has 0 radical (unpaired) electrons. The molecule has 4 rings (SSSR count). The summed E-state index contributed by atoms with van der Waals surface area (Å²) in [7, 11) is -3.55. The molecule has 31 heavy (non-hydrogen) atoms. The van der Waals surface area contributed by atoms with Crippen LogP contribution < -0.4 is 4.80 Å². The van der Waals surface area contributed by atoms with Crippen LogP contribution in [0.5, 0.6) is 0 Å². The second-order valence-corrected chi connectivity index (χ2v) is 10.5. The van der Waals surface area contributed by atoms with Gasteiger partial charge in [-0.1, -0.05) is 41.3 Å². The predicted molar refractivity (Wildman–Crippen MR) is 123 cm³/mol. The van der Waals surface area contributed by atoms with Crippen molar-refractivity contribution in [3.63, 3.8) is 0 Å². The van der Waals surface area contributed by atoms with Gasteiger partial charge in [0.1, 0.15) is 0 Å². The van der Waals surface area contributed by atoms with E-state index in [-0.39, 0.29) is 11.4 Å². The first-order valence-corrected chi connectivity index (χ1v) is 12.5. The van der Waals surface area contributed by atoms with Crippen molar-refractivity contribution in [2.75, 3.05) is 13.1 Å². The number of para-hydroxylation sites is 1. The maximum atomic E-state index is 12.8. The number of piperidine rings is 1. The Labute approximate surface area is 189 Å². The fourth-order valence-corrected chi connectivity index (χ4v) is 6.49. The molecule has 2 aromatic carbocycles. The van der Waals surface area contributed by atoms with E-state index < -0.39 is 15.9 Å². The van der Waals surface area contributed by atoms with Gasteiger partial charge in [-0.2, -0.15) is 9.30 Å². The lowest BCUT2D eigenvalue weighted by atomic mass is 10.2. The number of carbonyl (C=O) groups is 1. The van der Waals surface area contributed by atoms with Crippen LogP contribution in [0.25, 0.3) is 10.2 Å². The first kappa shape index (κ1) is 21.8. The number of fused-ring (bicyclic) bond motifs is 1. The van der Waals surface area contributed by atoms with Crippen molar-refractivity contribution in [2.45, 2.75) is 30.7 Å². The van der Waals surface area contributed by atoms with Crippen molar-refractivity contribution in [1.82, 2.24) is 8.87 Å². The van der Waals surface area contributed by atoms with Gasteiger partial charge in [-0.3, -0.25) is 4.79 Å². The summed E-state index contributed by atoms with van der Waals surface area (Å²) in [6, 6.07) is 11.4. The van der Waals surface area contributed by atoms with Crippen molar-refractivity contribution in [3.8, 4) is 12.3 Å². The summed E-state index contributed by atoms with van der Waals surface area (Å²) in [5.74, 6) is 2.09. The summed E-state index contributed by atoms with van der Waals surface area (Å²) in [6.45, 7) is 1.28. The Kier molecular flexibility index (Phi) is 6.30. The van der Waals surface area contributed by atoms with E-state index in [1.807, 2.05) is 12.1 Å². The van der Waals surface area contributed by atoms with Crippen molar-refractivity contribution in [2.24, 2.45) is 4.99 Å². The van der Waals surface area contributed by atoms with E-state index in [4.69, 9.17) is 18.0 Å². The van der Waals surface area contributed by atoms with E-state index >= 15 is 0 Å². The molecule has 0 aliphatic carbocycles. The largest absolute Gasteiger partial charge is 0.303 e. The van der Waals surface area contributed by atoms with Gasteiger partial charge in [-0.15, -0.1) is 6.42 Å². The van der Waals surface area contributed by atoms with Crippen molar-refractivity contribution < 1.29 is 13.2 Å². The lowest BCUT2D eigenvalue weighted by Gasteiger charge is -2.25. The monoisotopic (exact) mass is 473 g/mol. The lowest BCUT2D eigenvalue weighted by molar-refractivity contribution is 0.0998. The molecular weight excluding hydrogens is 454 g/mol. The molecule has 0 spiro atoms. The average molecular weight is 474 g/mol. The van der Waals surface area contributed by atoms with Gasteiger partial charge in [0, 0.05) is 18.7 Å². The van der Waals surface area contributed by atoms with Crippen LogP contribution in [0.2, 0.25) is 5.02 Å². The smallest absolute Gasteiger partial charge is 0.279 e. The summed E-state index contributed by atoms with van der Waals surface area (Å²) in [5, 5.41) is 0.533. The number of hydrogen-bond acceptors (Lipinski definition) is 4. The molecule has 0 unspecified atom stereocenters. The maximum Gasteiger partial charge on any atom is 0.279 e. The number of thiazole rings is 1. The molecule has 0 atom stereocenters. The third-order valence-corrected chi connectivity index (χ3v) is 8.41. The third-order valence-electron chi connectivity index (χ3n) is 5.15. The molecule has 0 N–H and O–H groups in total. The van der Waals surface area contributed by atoms with Gasteiger partial charge in [0.25, 0.3) is 5.91 Å². The number of aromatic nitrogens is 1. The van der Waals surface area contributed by atoms with E-state index in [1.54, 1.807) is 10.6 Å². The predicted octanol–water partition coefficient (Wildman–Crippen LogP) is 3.91. The van der Waals surface area contributed by atoms with Gasteiger partial charge in [0.2, 0.25) is 10.0 Å². The number of carbonyl (C=O) groups excluding carboxylic acids is 1. The molecule has 1 aliphatic rings. The number of sulfonamides is 1. The molecule has 0 bridgehead atoms. The van der Waals surface area contributed by atoms with E-state index in [9.17, 15) is 13.2 Å². The van der Waals surface area contributed by atoms with Gasteiger partial charge in [-0.25, -0.2) is 8.42 Å². The van der Waals surface area contributed by atoms with Crippen LogP contribution in [0.3, 0.4) is 0 Å². The van der Waals surface area contributed by atoms with E-state index in [0.717, 1.165) is 29.5 Å². The summed E-state index contributed by atoms with van der Waals surface area (Å²) in [5.41, 5.74) is 1.04. The van der Waals surface area contributed by atoms with Crippen LogP contribution in [0, 0.1) is 12.3 Å². The van der Waals surface area contributed by atoms with Gasteiger partial charge < -0.3 is 4.57 Å². The minimum absolute atomic E-state index is 0.182. The van der Waals surface area contributed by atoms with Crippen molar-refractivity contribution in [1.29, 1.82) is 0 Å².